The average molecular weight is 275 g/mol. The topological polar surface area (TPSA) is 27.8 Å². The van der Waals surface area contributed by atoms with Crippen molar-refractivity contribution in [1.82, 2.24) is 4.98 Å². The van der Waals surface area contributed by atoms with Gasteiger partial charge in [-0.05, 0) is 47.3 Å². The molecule has 0 atom stereocenters. The van der Waals surface area contributed by atoms with Crippen molar-refractivity contribution >= 4 is 28.2 Å². The summed E-state index contributed by atoms with van der Waals surface area (Å²) in [4.78, 5) is 3.15. The van der Waals surface area contributed by atoms with Gasteiger partial charge in [-0.1, -0.05) is 17.7 Å². The van der Waals surface area contributed by atoms with Gasteiger partial charge in [-0.25, -0.2) is 4.39 Å². The molecule has 0 spiro atoms. The number of rotatable bonds is 3. The minimum atomic E-state index is -0.329. The Morgan fingerprint density at radius 3 is 2.84 bits per heavy atom. The molecule has 0 fully saturated rings. The fourth-order valence-electron chi connectivity index (χ4n) is 2.04. The zero-order valence-electron chi connectivity index (χ0n) is 10.1. The van der Waals surface area contributed by atoms with Gasteiger partial charge in [0.1, 0.15) is 5.82 Å². The van der Waals surface area contributed by atoms with E-state index in [2.05, 4.69) is 16.4 Å². The highest BCUT2D eigenvalue weighted by Crippen LogP contribution is 2.23. The summed E-state index contributed by atoms with van der Waals surface area (Å²) in [7, 11) is 0. The minimum Gasteiger partial charge on any atom is -0.380 e. The summed E-state index contributed by atoms with van der Waals surface area (Å²) in [6.45, 7) is 0.645. The number of H-pyrrole nitrogens is 1. The van der Waals surface area contributed by atoms with Crippen LogP contribution in [0.5, 0.6) is 0 Å². The van der Waals surface area contributed by atoms with Crippen LogP contribution in [-0.4, -0.2) is 4.98 Å². The van der Waals surface area contributed by atoms with Gasteiger partial charge in [-0.2, -0.15) is 0 Å². The van der Waals surface area contributed by atoms with E-state index in [0.717, 1.165) is 16.8 Å². The number of aromatic amines is 1. The normalized spacial score (nSPS) is 10.8. The third-order valence-corrected chi connectivity index (χ3v) is 3.34. The summed E-state index contributed by atoms with van der Waals surface area (Å²) in [6.07, 6.45) is 1.92. The Kier molecular flexibility index (Phi) is 3.13. The molecule has 3 rings (SSSR count). The van der Waals surface area contributed by atoms with Crippen LogP contribution >= 0.6 is 11.6 Å². The molecule has 0 saturated heterocycles. The molecule has 0 aliphatic heterocycles. The zero-order valence-corrected chi connectivity index (χ0v) is 10.8. The Hall–Kier alpha value is -2.00. The van der Waals surface area contributed by atoms with Gasteiger partial charge >= 0.3 is 0 Å². The van der Waals surface area contributed by atoms with Crippen LogP contribution in [0.15, 0.2) is 48.7 Å². The third-order valence-electron chi connectivity index (χ3n) is 3.03. The molecule has 3 aromatic rings. The molecule has 0 amide bonds. The molecule has 2 aromatic carbocycles. The van der Waals surface area contributed by atoms with Crippen LogP contribution in [-0.2, 0) is 6.54 Å². The number of aromatic nitrogens is 1. The molecule has 96 valence electrons. The lowest BCUT2D eigenvalue weighted by molar-refractivity contribution is 0.628. The SMILES string of the molecule is Fc1ccc(NCc2ccc3[nH]ccc3c2)c(Cl)c1. The fraction of sp³-hybridized carbons (Fsp3) is 0.0667. The van der Waals surface area contributed by atoms with Crippen molar-refractivity contribution in [3.05, 3.63) is 65.1 Å². The maximum atomic E-state index is 12.9. The summed E-state index contributed by atoms with van der Waals surface area (Å²) >= 11 is 5.97. The second kappa shape index (κ2) is 4.94. The lowest BCUT2D eigenvalue weighted by Crippen LogP contribution is -2.00. The standard InChI is InChI=1S/C15H12ClFN2/c16-13-8-12(17)2-4-15(13)19-9-10-1-3-14-11(7-10)5-6-18-14/h1-8,18-19H,9H2. The van der Waals surface area contributed by atoms with Crippen molar-refractivity contribution in [3.63, 3.8) is 0 Å². The summed E-state index contributed by atoms with van der Waals surface area (Å²) < 4.78 is 12.9. The van der Waals surface area contributed by atoms with Crippen molar-refractivity contribution in [1.29, 1.82) is 0 Å². The Balaban J connectivity index is 1.77. The van der Waals surface area contributed by atoms with Gasteiger partial charge in [0.25, 0.3) is 0 Å². The van der Waals surface area contributed by atoms with Crippen molar-refractivity contribution in [2.75, 3.05) is 5.32 Å². The van der Waals surface area contributed by atoms with Gasteiger partial charge in [0.15, 0.2) is 0 Å². The van der Waals surface area contributed by atoms with Gasteiger partial charge in [-0.15, -0.1) is 0 Å². The molecular formula is C15H12ClFN2. The first-order chi connectivity index (χ1) is 9.22. The van der Waals surface area contributed by atoms with Crippen LogP contribution in [0.25, 0.3) is 10.9 Å². The zero-order chi connectivity index (χ0) is 13.2. The van der Waals surface area contributed by atoms with Gasteiger partial charge in [0.05, 0.1) is 10.7 Å². The summed E-state index contributed by atoms with van der Waals surface area (Å²) in [6, 6.07) is 12.6. The summed E-state index contributed by atoms with van der Waals surface area (Å²) in [5.74, 6) is -0.329. The van der Waals surface area contributed by atoms with Crippen LogP contribution in [0.4, 0.5) is 10.1 Å². The Bertz CT molecular complexity index is 721. The molecule has 0 saturated carbocycles. The first-order valence-electron chi connectivity index (χ1n) is 5.97. The molecule has 2 nitrogen and oxygen atoms in total. The Labute approximate surface area is 115 Å². The molecule has 0 bridgehead atoms. The predicted molar refractivity (Wildman–Crippen MR) is 77.0 cm³/mol. The van der Waals surface area contributed by atoms with Gasteiger partial charge < -0.3 is 10.3 Å². The van der Waals surface area contributed by atoms with E-state index in [0.29, 0.717) is 11.6 Å². The van der Waals surface area contributed by atoms with Crippen LogP contribution in [0, 0.1) is 5.82 Å². The van der Waals surface area contributed by atoms with Crippen molar-refractivity contribution in [2.24, 2.45) is 0 Å². The second-order valence-electron chi connectivity index (χ2n) is 4.38. The van der Waals surface area contributed by atoms with E-state index in [9.17, 15) is 4.39 Å². The Morgan fingerprint density at radius 1 is 1.11 bits per heavy atom. The molecule has 1 aromatic heterocycles. The highest BCUT2D eigenvalue weighted by molar-refractivity contribution is 6.33. The maximum absolute atomic E-state index is 12.9. The lowest BCUT2D eigenvalue weighted by Gasteiger charge is -2.08. The number of anilines is 1. The predicted octanol–water partition coefficient (Wildman–Crippen LogP) is 4.57. The number of hydrogen-bond acceptors (Lipinski definition) is 1. The first-order valence-corrected chi connectivity index (χ1v) is 6.35. The number of halogens is 2. The average Bonchev–Trinajstić information content (AvgIpc) is 2.85. The van der Waals surface area contributed by atoms with Crippen LogP contribution in [0.2, 0.25) is 5.02 Å². The smallest absolute Gasteiger partial charge is 0.124 e. The van der Waals surface area contributed by atoms with E-state index in [4.69, 9.17) is 11.6 Å². The molecule has 0 radical (unpaired) electrons. The summed E-state index contributed by atoms with van der Waals surface area (Å²) in [5, 5.41) is 4.77. The van der Waals surface area contributed by atoms with Gasteiger partial charge in [0, 0.05) is 18.3 Å². The highest BCUT2D eigenvalue weighted by Gasteiger charge is 2.02. The monoisotopic (exact) mass is 274 g/mol. The largest absolute Gasteiger partial charge is 0.380 e. The van der Waals surface area contributed by atoms with E-state index in [1.165, 1.54) is 17.5 Å². The van der Waals surface area contributed by atoms with Crippen molar-refractivity contribution < 1.29 is 4.39 Å². The third kappa shape index (κ3) is 2.56. The minimum absolute atomic E-state index is 0.329. The van der Waals surface area contributed by atoms with Gasteiger partial charge in [-0.3, -0.25) is 0 Å². The van der Waals surface area contributed by atoms with Crippen LogP contribution in [0.3, 0.4) is 0 Å². The molecule has 1 heterocycles. The molecule has 4 heteroatoms. The van der Waals surface area contributed by atoms with Crippen molar-refractivity contribution in [2.45, 2.75) is 6.54 Å². The van der Waals surface area contributed by atoms with E-state index in [1.54, 1.807) is 6.07 Å². The maximum Gasteiger partial charge on any atom is 0.124 e. The number of benzene rings is 2. The molecule has 19 heavy (non-hydrogen) atoms. The van der Waals surface area contributed by atoms with Crippen LogP contribution in [0.1, 0.15) is 5.56 Å². The van der Waals surface area contributed by atoms with E-state index < -0.39 is 0 Å². The molecule has 0 aliphatic rings. The number of fused-ring (bicyclic) bond motifs is 1. The molecular weight excluding hydrogens is 263 g/mol. The Morgan fingerprint density at radius 2 is 2.00 bits per heavy atom. The highest BCUT2D eigenvalue weighted by atomic mass is 35.5. The quantitative estimate of drug-likeness (QED) is 0.719. The molecule has 0 unspecified atom stereocenters. The van der Waals surface area contributed by atoms with E-state index >= 15 is 0 Å². The second-order valence-corrected chi connectivity index (χ2v) is 4.78. The summed E-state index contributed by atoms with van der Waals surface area (Å²) in [5.41, 5.74) is 2.99. The van der Waals surface area contributed by atoms with E-state index in [-0.39, 0.29) is 5.82 Å². The van der Waals surface area contributed by atoms with E-state index in [1.807, 2.05) is 24.4 Å². The fourth-order valence-corrected chi connectivity index (χ4v) is 2.28. The van der Waals surface area contributed by atoms with Gasteiger partial charge in [0.2, 0.25) is 0 Å². The first kappa shape index (κ1) is 12.1. The molecule has 2 N–H and O–H groups in total. The van der Waals surface area contributed by atoms with Crippen LogP contribution < -0.4 is 5.32 Å². The number of hydrogen-bond donors (Lipinski definition) is 2. The lowest BCUT2D eigenvalue weighted by atomic mass is 10.1. The molecule has 0 aliphatic carbocycles. The van der Waals surface area contributed by atoms with Crippen molar-refractivity contribution in [3.8, 4) is 0 Å². The number of nitrogens with one attached hydrogen (secondary N) is 2.